The fourth-order valence-electron chi connectivity index (χ4n) is 2.70. The van der Waals surface area contributed by atoms with E-state index in [2.05, 4.69) is 48.3 Å². The van der Waals surface area contributed by atoms with E-state index < -0.39 is 0 Å². The molecule has 1 fully saturated rings. The van der Waals surface area contributed by atoms with Crippen molar-refractivity contribution in [1.82, 2.24) is 10.2 Å². The van der Waals surface area contributed by atoms with Crippen molar-refractivity contribution in [2.45, 2.75) is 71.5 Å². The second-order valence-corrected chi connectivity index (χ2v) is 6.41. The first-order valence-corrected chi connectivity index (χ1v) is 8.86. The third-order valence-corrected chi connectivity index (χ3v) is 4.33. The molecule has 2 rings (SSSR count). The first kappa shape index (κ1) is 16.5. The van der Waals surface area contributed by atoms with Gasteiger partial charge in [0.2, 0.25) is 0 Å². The van der Waals surface area contributed by atoms with Crippen molar-refractivity contribution < 1.29 is 0 Å². The largest absolute Gasteiger partial charge is 0.310 e. The number of unbranched alkanes of at least 4 members (excludes halogenated alkanes) is 2. The van der Waals surface area contributed by atoms with Gasteiger partial charge in [0.25, 0.3) is 0 Å². The van der Waals surface area contributed by atoms with Crippen LogP contribution < -0.4 is 5.32 Å². The minimum Gasteiger partial charge on any atom is -0.310 e. The molecule has 21 heavy (non-hydrogen) atoms. The Hall–Kier alpha value is -0.860. The standard InChI is InChI=1S/C19H32N2/c1-3-5-13-21(14-6-4-2)16-18-10-8-7-9-17(18)15-20-19-11-12-19/h7-10,19-20H,3-6,11-16H2,1-2H3. The molecule has 0 unspecified atom stereocenters. The molecule has 2 heteroatoms. The van der Waals surface area contributed by atoms with Crippen LogP contribution >= 0.6 is 0 Å². The summed E-state index contributed by atoms with van der Waals surface area (Å²) in [4.78, 5) is 2.64. The zero-order valence-electron chi connectivity index (χ0n) is 13.9. The topological polar surface area (TPSA) is 15.3 Å². The van der Waals surface area contributed by atoms with Gasteiger partial charge in [0.1, 0.15) is 0 Å². The summed E-state index contributed by atoms with van der Waals surface area (Å²) in [7, 11) is 0. The maximum atomic E-state index is 3.65. The molecule has 0 saturated heterocycles. The molecule has 0 spiro atoms. The van der Waals surface area contributed by atoms with E-state index in [0.717, 1.165) is 19.1 Å². The zero-order valence-corrected chi connectivity index (χ0v) is 13.9. The van der Waals surface area contributed by atoms with Gasteiger partial charge in [-0.3, -0.25) is 4.90 Å². The van der Waals surface area contributed by atoms with Crippen molar-refractivity contribution >= 4 is 0 Å². The lowest BCUT2D eigenvalue weighted by Crippen LogP contribution is -2.27. The highest BCUT2D eigenvalue weighted by Crippen LogP contribution is 2.20. The maximum absolute atomic E-state index is 3.65. The van der Waals surface area contributed by atoms with E-state index in [0.29, 0.717) is 0 Å². The molecule has 0 atom stereocenters. The minimum absolute atomic E-state index is 0.786. The van der Waals surface area contributed by atoms with Gasteiger partial charge in [0.05, 0.1) is 0 Å². The molecule has 118 valence electrons. The van der Waals surface area contributed by atoms with Crippen LogP contribution in [0.2, 0.25) is 0 Å². The van der Waals surface area contributed by atoms with Crippen molar-refractivity contribution in [3.8, 4) is 0 Å². The van der Waals surface area contributed by atoms with Crippen LogP contribution in [0.1, 0.15) is 63.5 Å². The van der Waals surface area contributed by atoms with Crippen LogP contribution in [0.25, 0.3) is 0 Å². The van der Waals surface area contributed by atoms with Crippen LogP contribution in [0.5, 0.6) is 0 Å². The Morgan fingerprint density at radius 3 is 2.19 bits per heavy atom. The highest BCUT2D eigenvalue weighted by molar-refractivity contribution is 5.27. The average molecular weight is 288 g/mol. The van der Waals surface area contributed by atoms with E-state index >= 15 is 0 Å². The molecule has 1 saturated carbocycles. The van der Waals surface area contributed by atoms with Gasteiger partial charge in [0.15, 0.2) is 0 Å². The summed E-state index contributed by atoms with van der Waals surface area (Å²) < 4.78 is 0. The molecule has 1 aromatic carbocycles. The first-order valence-electron chi connectivity index (χ1n) is 8.86. The van der Waals surface area contributed by atoms with Crippen molar-refractivity contribution in [2.75, 3.05) is 13.1 Å². The van der Waals surface area contributed by atoms with Gasteiger partial charge in [-0.2, -0.15) is 0 Å². The minimum atomic E-state index is 0.786. The molecule has 0 heterocycles. The molecule has 0 amide bonds. The monoisotopic (exact) mass is 288 g/mol. The number of hydrogen-bond donors (Lipinski definition) is 1. The van der Waals surface area contributed by atoms with Gasteiger partial charge in [-0.1, -0.05) is 51.0 Å². The number of nitrogens with one attached hydrogen (secondary N) is 1. The van der Waals surface area contributed by atoms with Crippen molar-refractivity contribution in [3.05, 3.63) is 35.4 Å². The van der Waals surface area contributed by atoms with Crippen LogP contribution in [0.4, 0.5) is 0 Å². The lowest BCUT2D eigenvalue weighted by atomic mass is 10.1. The lowest BCUT2D eigenvalue weighted by Gasteiger charge is -2.23. The molecule has 0 radical (unpaired) electrons. The third-order valence-electron chi connectivity index (χ3n) is 4.33. The highest BCUT2D eigenvalue weighted by atomic mass is 15.1. The van der Waals surface area contributed by atoms with E-state index in [-0.39, 0.29) is 0 Å². The van der Waals surface area contributed by atoms with Gasteiger partial charge < -0.3 is 5.32 Å². The summed E-state index contributed by atoms with van der Waals surface area (Å²) in [6.45, 7) is 9.19. The van der Waals surface area contributed by atoms with E-state index in [1.165, 1.54) is 62.7 Å². The summed E-state index contributed by atoms with van der Waals surface area (Å²) in [6, 6.07) is 9.76. The molecule has 0 aliphatic heterocycles. The lowest BCUT2D eigenvalue weighted by molar-refractivity contribution is 0.256. The number of rotatable bonds is 11. The Morgan fingerprint density at radius 2 is 1.62 bits per heavy atom. The Balaban J connectivity index is 1.92. The second kappa shape index (κ2) is 9.22. The Labute approximate surface area is 130 Å². The fourth-order valence-corrected chi connectivity index (χ4v) is 2.70. The van der Waals surface area contributed by atoms with Crippen LogP contribution in [-0.4, -0.2) is 24.0 Å². The van der Waals surface area contributed by atoms with Gasteiger partial charge in [0, 0.05) is 19.1 Å². The number of benzene rings is 1. The zero-order chi connectivity index (χ0) is 14.9. The third kappa shape index (κ3) is 6.19. The Kier molecular flexibility index (Phi) is 7.25. The predicted octanol–water partition coefficient (Wildman–Crippen LogP) is 4.34. The molecule has 2 nitrogen and oxygen atoms in total. The van der Waals surface area contributed by atoms with E-state index in [1.54, 1.807) is 0 Å². The second-order valence-electron chi connectivity index (χ2n) is 6.41. The quantitative estimate of drug-likeness (QED) is 0.651. The summed E-state index contributed by atoms with van der Waals surface area (Å²) >= 11 is 0. The highest BCUT2D eigenvalue weighted by Gasteiger charge is 2.20. The molecule has 1 N–H and O–H groups in total. The molecule has 1 aromatic rings. The van der Waals surface area contributed by atoms with Crippen LogP contribution in [0.15, 0.2) is 24.3 Å². The smallest absolute Gasteiger partial charge is 0.0236 e. The Morgan fingerprint density at radius 1 is 1.00 bits per heavy atom. The van der Waals surface area contributed by atoms with Crippen LogP contribution in [0.3, 0.4) is 0 Å². The first-order chi connectivity index (χ1) is 10.3. The maximum Gasteiger partial charge on any atom is 0.0236 e. The van der Waals surface area contributed by atoms with Gasteiger partial charge in [-0.25, -0.2) is 0 Å². The van der Waals surface area contributed by atoms with Crippen molar-refractivity contribution in [1.29, 1.82) is 0 Å². The predicted molar refractivity (Wildman–Crippen MR) is 91.4 cm³/mol. The molecule has 0 bridgehead atoms. The van der Waals surface area contributed by atoms with Crippen LogP contribution in [0, 0.1) is 0 Å². The van der Waals surface area contributed by atoms with E-state index in [1.807, 2.05) is 0 Å². The molecular weight excluding hydrogens is 256 g/mol. The van der Waals surface area contributed by atoms with E-state index in [4.69, 9.17) is 0 Å². The molecular formula is C19H32N2. The van der Waals surface area contributed by atoms with Crippen molar-refractivity contribution in [3.63, 3.8) is 0 Å². The number of hydrogen-bond acceptors (Lipinski definition) is 2. The summed E-state index contributed by atoms with van der Waals surface area (Å²) in [5.74, 6) is 0. The Bertz CT molecular complexity index is 390. The van der Waals surface area contributed by atoms with E-state index in [9.17, 15) is 0 Å². The average Bonchev–Trinajstić information content (AvgIpc) is 3.33. The van der Waals surface area contributed by atoms with Crippen LogP contribution in [-0.2, 0) is 13.1 Å². The van der Waals surface area contributed by atoms with Gasteiger partial charge in [-0.05, 0) is 49.9 Å². The molecule has 1 aliphatic carbocycles. The van der Waals surface area contributed by atoms with Crippen molar-refractivity contribution in [2.24, 2.45) is 0 Å². The SMILES string of the molecule is CCCCN(CCCC)Cc1ccccc1CNC1CC1. The van der Waals surface area contributed by atoms with Gasteiger partial charge >= 0.3 is 0 Å². The fraction of sp³-hybridized carbons (Fsp3) is 0.684. The summed E-state index contributed by atoms with van der Waals surface area (Å²) in [6.07, 6.45) is 7.92. The number of nitrogens with zero attached hydrogens (tertiary/aromatic N) is 1. The molecule has 1 aliphatic rings. The summed E-state index contributed by atoms with van der Waals surface area (Å²) in [5, 5.41) is 3.65. The summed E-state index contributed by atoms with van der Waals surface area (Å²) in [5.41, 5.74) is 3.00. The normalized spacial score (nSPS) is 14.8. The molecule has 0 aromatic heterocycles. The van der Waals surface area contributed by atoms with Gasteiger partial charge in [-0.15, -0.1) is 0 Å².